The van der Waals surface area contributed by atoms with Crippen molar-refractivity contribution in [2.24, 2.45) is 11.8 Å². The summed E-state index contributed by atoms with van der Waals surface area (Å²) < 4.78 is 5.15. The molecule has 2 unspecified atom stereocenters. The molecule has 3 heteroatoms. The highest BCUT2D eigenvalue weighted by atomic mass is 16.5. The summed E-state index contributed by atoms with van der Waals surface area (Å²) in [6.07, 6.45) is 5.43. The third-order valence-electron chi connectivity index (χ3n) is 3.88. The molecule has 0 bridgehead atoms. The summed E-state index contributed by atoms with van der Waals surface area (Å²) in [4.78, 5) is 0. The lowest BCUT2D eigenvalue weighted by molar-refractivity contribution is 0.293. The van der Waals surface area contributed by atoms with Crippen molar-refractivity contribution in [1.29, 1.82) is 0 Å². The molecule has 2 rings (SSSR count). The fourth-order valence-corrected chi connectivity index (χ4v) is 2.83. The van der Waals surface area contributed by atoms with Crippen LogP contribution in [0.15, 0.2) is 18.2 Å². The first-order valence-electron chi connectivity index (χ1n) is 6.86. The quantitative estimate of drug-likeness (QED) is 0.801. The van der Waals surface area contributed by atoms with Gasteiger partial charge in [-0.1, -0.05) is 19.8 Å². The van der Waals surface area contributed by atoms with Gasteiger partial charge in [0.05, 0.1) is 18.5 Å². The second-order valence-electron chi connectivity index (χ2n) is 5.47. The Balaban J connectivity index is 1.89. The topological polar surface area (TPSA) is 47.3 Å². The van der Waals surface area contributed by atoms with E-state index < -0.39 is 0 Å². The van der Waals surface area contributed by atoms with Crippen molar-refractivity contribution >= 4 is 11.4 Å². The van der Waals surface area contributed by atoms with Gasteiger partial charge in [-0.05, 0) is 36.8 Å². The van der Waals surface area contributed by atoms with Gasteiger partial charge in [-0.2, -0.15) is 0 Å². The Bertz CT molecular complexity index is 392. The molecule has 1 aromatic carbocycles. The van der Waals surface area contributed by atoms with Gasteiger partial charge in [-0.3, -0.25) is 0 Å². The van der Waals surface area contributed by atoms with Gasteiger partial charge in [-0.25, -0.2) is 0 Å². The second-order valence-corrected chi connectivity index (χ2v) is 5.47. The molecular weight excluding hydrogens is 224 g/mol. The molecule has 1 saturated carbocycles. The van der Waals surface area contributed by atoms with Crippen LogP contribution in [-0.2, 0) is 0 Å². The molecule has 2 atom stereocenters. The molecule has 100 valence electrons. The van der Waals surface area contributed by atoms with Gasteiger partial charge in [0.25, 0.3) is 0 Å². The van der Waals surface area contributed by atoms with Gasteiger partial charge in [-0.15, -0.1) is 0 Å². The Morgan fingerprint density at radius 2 is 2.22 bits per heavy atom. The van der Waals surface area contributed by atoms with E-state index in [4.69, 9.17) is 10.5 Å². The fourth-order valence-electron chi connectivity index (χ4n) is 2.83. The third kappa shape index (κ3) is 3.31. The number of hydrogen-bond acceptors (Lipinski definition) is 3. The smallest absolute Gasteiger partial charge is 0.121 e. The number of nitrogen functional groups attached to an aromatic ring is 1. The summed E-state index contributed by atoms with van der Waals surface area (Å²) in [5, 5.41) is 3.47. The molecule has 1 aromatic rings. The predicted octanol–water partition coefficient (Wildman–Crippen LogP) is 3.52. The minimum absolute atomic E-state index is 0.762. The highest BCUT2D eigenvalue weighted by Gasteiger charge is 2.18. The molecule has 0 radical (unpaired) electrons. The summed E-state index contributed by atoms with van der Waals surface area (Å²) in [6.45, 7) is 3.38. The zero-order valence-electron chi connectivity index (χ0n) is 11.4. The molecule has 0 amide bonds. The first-order chi connectivity index (χ1) is 8.69. The lowest BCUT2D eigenvalue weighted by Crippen LogP contribution is -2.21. The maximum atomic E-state index is 6.00. The third-order valence-corrected chi connectivity index (χ3v) is 3.88. The SMILES string of the molecule is COc1ccc(NCC2CCCC(C)C2)c(N)c1. The summed E-state index contributed by atoms with van der Waals surface area (Å²) >= 11 is 0. The van der Waals surface area contributed by atoms with Crippen LogP contribution >= 0.6 is 0 Å². The van der Waals surface area contributed by atoms with E-state index in [1.807, 2.05) is 18.2 Å². The molecule has 0 aliphatic heterocycles. The summed E-state index contributed by atoms with van der Waals surface area (Å²) in [5.74, 6) is 2.47. The standard InChI is InChI=1S/C15H24N2O/c1-11-4-3-5-12(8-11)10-17-15-7-6-13(18-2)9-14(15)16/h6-7,9,11-12,17H,3-5,8,10,16H2,1-2H3. The second kappa shape index (κ2) is 5.98. The molecule has 18 heavy (non-hydrogen) atoms. The maximum absolute atomic E-state index is 6.00. The number of methoxy groups -OCH3 is 1. The monoisotopic (exact) mass is 248 g/mol. The highest BCUT2D eigenvalue weighted by Crippen LogP contribution is 2.30. The Morgan fingerprint density at radius 3 is 2.89 bits per heavy atom. The zero-order valence-corrected chi connectivity index (χ0v) is 11.4. The molecule has 1 fully saturated rings. The number of nitrogens with one attached hydrogen (secondary N) is 1. The van der Waals surface area contributed by atoms with Crippen LogP contribution in [0.2, 0.25) is 0 Å². The normalized spacial score (nSPS) is 23.7. The summed E-state index contributed by atoms with van der Waals surface area (Å²) in [5.41, 5.74) is 7.78. The van der Waals surface area contributed by atoms with Crippen molar-refractivity contribution in [3.63, 3.8) is 0 Å². The highest BCUT2D eigenvalue weighted by molar-refractivity contribution is 5.68. The fraction of sp³-hybridized carbons (Fsp3) is 0.600. The Labute approximate surface area is 110 Å². The first-order valence-corrected chi connectivity index (χ1v) is 6.86. The average molecular weight is 248 g/mol. The molecule has 0 heterocycles. The van der Waals surface area contributed by atoms with E-state index in [-0.39, 0.29) is 0 Å². The van der Waals surface area contributed by atoms with E-state index in [0.29, 0.717) is 0 Å². The van der Waals surface area contributed by atoms with Crippen LogP contribution in [0.4, 0.5) is 11.4 Å². The van der Waals surface area contributed by atoms with Gasteiger partial charge in [0.15, 0.2) is 0 Å². The van der Waals surface area contributed by atoms with Crippen molar-refractivity contribution < 1.29 is 4.74 Å². The van der Waals surface area contributed by atoms with Crippen molar-refractivity contribution in [1.82, 2.24) is 0 Å². The van der Waals surface area contributed by atoms with E-state index in [1.165, 1.54) is 25.7 Å². The van der Waals surface area contributed by atoms with Gasteiger partial charge in [0.1, 0.15) is 5.75 Å². The van der Waals surface area contributed by atoms with Crippen LogP contribution in [-0.4, -0.2) is 13.7 Å². The van der Waals surface area contributed by atoms with Gasteiger partial charge in [0.2, 0.25) is 0 Å². The average Bonchev–Trinajstić information content (AvgIpc) is 2.37. The first kappa shape index (κ1) is 13.1. The Morgan fingerprint density at radius 1 is 1.39 bits per heavy atom. The van der Waals surface area contributed by atoms with Crippen LogP contribution in [0.3, 0.4) is 0 Å². The summed E-state index contributed by atoms with van der Waals surface area (Å²) in [6, 6.07) is 5.81. The molecule has 0 spiro atoms. The number of benzene rings is 1. The van der Waals surface area contributed by atoms with Crippen molar-refractivity contribution in [3.8, 4) is 5.75 Å². The number of ether oxygens (including phenoxy) is 1. The van der Waals surface area contributed by atoms with E-state index in [9.17, 15) is 0 Å². The Kier molecular flexibility index (Phi) is 4.34. The van der Waals surface area contributed by atoms with Crippen LogP contribution < -0.4 is 15.8 Å². The minimum atomic E-state index is 0.762. The Hall–Kier alpha value is -1.38. The zero-order chi connectivity index (χ0) is 13.0. The molecule has 1 aliphatic carbocycles. The predicted molar refractivity (Wildman–Crippen MR) is 77.0 cm³/mol. The molecular formula is C15H24N2O. The molecule has 3 N–H and O–H groups in total. The van der Waals surface area contributed by atoms with Crippen LogP contribution in [0, 0.1) is 11.8 Å². The molecule has 0 saturated heterocycles. The van der Waals surface area contributed by atoms with Crippen molar-refractivity contribution in [3.05, 3.63) is 18.2 Å². The van der Waals surface area contributed by atoms with E-state index in [0.717, 1.165) is 35.5 Å². The van der Waals surface area contributed by atoms with E-state index in [2.05, 4.69) is 12.2 Å². The summed E-state index contributed by atoms with van der Waals surface area (Å²) in [7, 11) is 1.66. The van der Waals surface area contributed by atoms with E-state index >= 15 is 0 Å². The minimum Gasteiger partial charge on any atom is -0.497 e. The van der Waals surface area contributed by atoms with Crippen LogP contribution in [0.5, 0.6) is 5.75 Å². The molecule has 3 nitrogen and oxygen atoms in total. The number of hydrogen-bond donors (Lipinski definition) is 2. The van der Waals surface area contributed by atoms with Crippen molar-refractivity contribution in [2.75, 3.05) is 24.7 Å². The largest absolute Gasteiger partial charge is 0.497 e. The lowest BCUT2D eigenvalue weighted by atomic mass is 9.82. The maximum Gasteiger partial charge on any atom is 0.121 e. The van der Waals surface area contributed by atoms with Gasteiger partial charge >= 0.3 is 0 Å². The number of rotatable bonds is 4. The molecule has 0 aromatic heterocycles. The number of nitrogens with two attached hydrogens (primary N) is 1. The van der Waals surface area contributed by atoms with Gasteiger partial charge < -0.3 is 15.8 Å². The van der Waals surface area contributed by atoms with Crippen LogP contribution in [0.1, 0.15) is 32.6 Å². The van der Waals surface area contributed by atoms with Gasteiger partial charge in [0, 0.05) is 12.6 Å². The van der Waals surface area contributed by atoms with Crippen LogP contribution in [0.25, 0.3) is 0 Å². The van der Waals surface area contributed by atoms with Crippen molar-refractivity contribution in [2.45, 2.75) is 32.6 Å². The number of anilines is 2. The van der Waals surface area contributed by atoms with E-state index in [1.54, 1.807) is 7.11 Å². The molecule has 1 aliphatic rings. The lowest BCUT2D eigenvalue weighted by Gasteiger charge is -2.27.